The average Bonchev–Trinajstić information content (AvgIpc) is 3.09. The topological polar surface area (TPSA) is 70.5 Å². The normalized spacial score (nSPS) is 18.1. The number of benzene rings is 2. The molecule has 1 atom stereocenters. The Labute approximate surface area is 200 Å². The number of aliphatic hydroxyl groups is 1. The maximum absolute atomic E-state index is 13.3. The number of Topliss-reactive ketones (excluding diaryl/α,β-unsaturated/α-hetero) is 1. The number of carbonyl (C=O) groups excluding carboxylic acids is 2. The first kappa shape index (κ1) is 23.4. The van der Waals surface area contributed by atoms with Crippen molar-refractivity contribution in [3.05, 3.63) is 101 Å². The molecule has 1 unspecified atom stereocenters. The molecule has 1 N–H and O–H groups in total. The lowest BCUT2D eigenvalue weighted by molar-refractivity contribution is -0.132. The van der Waals surface area contributed by atoms with E-state index in [2.05, 4.69) is 39.6 Å². The van der Waals surface area contributed by atoms with Crippen molar-refractivity contribution in [2.75, 3.05) is 4.90 Å². The zero-order valence-corrected chi connectivity index (χ0v) is 20.2. The molecule has 0 radical (unpaired) electrons. The summed E-state index contributed by atoms with van der Waals surface area (Å²) >= 11 is 0. The SMILES string of the molecule is CC(C)c1ccc(N2C(=O)C(=O)/C(=C(\O)c3ccncc3)C2c2ccc(C(C)(C)C)cc2)cc1. The largest absolute Gasteiger partial charge is 0.507 e. The highest BCUT2D eigenvalue weighted by Gasteiger charge is 2.47. The maximum atomic E-state index is 13.3. The van der Waals surface area contributed by atoms with E-state index >= 15 is 0 Å². The van der Waals surface area contributed by atoms with Crippen LogP contribution in [0.5, 0.6) is 0 Å². The van der Waals surface area contributed by atoms with E-state index in [1.54, 1.807) is 24.5 Å². The van der Waals surface area contributed by atoms with Crippen LogP contribution < -0.4 is 4.90 Å². The quantitative estimate of drug-likeness (QED) is 0.292. The molecular weight excluding hydrogens is 424 g/mol. The number of rotatable bonds is 4. The number of aliphatic hydroxyl groups excluding tert-OH is 1. The first-order chi connectivity index (χ1) is 16.1. The van der Waals surface area contributed by atoms with E-state index < -0.39 is 17.7 Å². The van der Waals surface area contributed by atoms with Gasteiger partial charge in [-0.05, 0) is 52.3 Å². The lowest BCUT2D eigenvalue weighted by Gasteiger charge is -2.27. The van der Waals surface area contributed by atoms with Crippen molar-refractivity contribution >= 4 is 23.1 Å². The van der Waals surface area contributed by atoms with Crippen LogP contribution in [0.25, 0.3) is 5.76 Å². The Morgan fingerprint density at radius 1 is 0.912 bits per heavy atom. The summed E-state index contributed by atoms with van der Waals surface area (Å²) in [4.78, 5) is 32.0. The van der Waals surface area contributed by atoms with Crippen LogP contribution in [0, 0.1) is 0 Å². The van der Waals surface area contributed by atoms with Gasteiger partial charge >= 0.3 is 0 Å². The number of pyridine rings is 1. The summed E-state index contributed by atoms with van der Waals surface area (Å²) in [6.45, 7) is 10.6. The van der Waals surface area contributed by atoms with Gasteiger partial charge in [0.1, 0.15) is 5.76 Å². The number of hydrogen-bond donors (Lipinski definition) is 1. The van der Waals surface area contributed by atoms with Crippen molar-refractivity contribution in [3.63, 3.8) is 0 Å². The molecule has 174 valence electrons. The fourth-order valence-corrected chi connectivity index (χ4v) is 4.26. The van der Waals surface area contributed by atoms with E-state index in [0.717, 1.165) is 16.7 Å². The summed E-state index contributed by atoms with van der Waals surface area (Å²) in [7, 11) is 0. The van der Waals surface area contributed by atoms with E-state index in [-0.39, 0.29) is 16.7 Å². The number of ketones is 1. The highest BCUT2D eigenvalue weighted by molar-refractivity contribution is 6.51. The van der Waals surface area contributed by atoms with Gasteiger partial charge in [0, 0.05) is 23.6 Å². The van der Waals surface area contributed by atoms with E-state index in [9.17, 15) is 14.7 Å². The van der Waals surface area contributed by atoms with E-state index in [4.69, 9.17) is 0 Å². The second kappa shape index (κ2) is 8.90. The van der Waals surface area contributed by atoms with Crippen LogP contribution in [0.2, 0.25) is 0 Å². The van der Waals surface area contributed by atoms with Gasteiger partial charge in [0.15, 0.2) is 0 Å². The molecule has 34 heavy (non-hydrogen) atoms. The lowest BCUT2D eigenvalue weighted by Crippen LogP contribution is -2.29. The third-order valence-corrected chi connectivity index (χ3v) is 6.33. The van der Waals surface area contributed by atoms with E-state index in [0.29, 0.717) is 17.2 Å². The molecule has 1 amide bonds. The molecule has 1 aromatic heterocycles. The Kier molecular flexibility index (Phi) is 6.13. The molecule has 1 aliphatic rings. The second-order valence-corrected chi connectivity index (χ2v) is 10.0. The molecule has 4 rings (SSSR count). The number of amides is 1. The van der Waals surface area contributed by atoms with Crippen molar-refractivity contribution in [2.45, 2.75) is 52.0 Å². The van der Waals surface area contributed by atoms with Gasteiger partial charge in [0.2, 0.25) is 0 Å². The van der Waals surface area contributed by atoms with Gasteiger partial charge in [-0.25, -0.2) is 0 Å². The molecular formula is C29H30N2O3. The smallest absolute Gasteiger partial charge is 0.300 e. The Morgan fingerprint density at radius 3 is 2.03 bits per heavy atom. The van der Waals surface area contributed by atoms with Crippen LogP contribution in [-0.4, -0.2) is 21.8 Å². The number of carbonyl (C=O) groups is 2. The molecule has 5 nitrogen and oxygen atoms in total. The van der Waals surface area contributed by atoms with Crippen LogP contribution in [0.1, 0.15) is 68.8 Å². The summed E-state index contributed by atoms with van der Waals surface area (Å²) in [6.07, 6.45) is 3.09. The van der Waals surface area contributed by atoms with Gasteiger partial charge in [-0.2, -0.15) is 0 Å². The fraction of sp³-hybridized carbons (Fsp3) is 0.276. The maximum Gasteiger partial charge on any atom is 0.300 e. The first-order valence-electron chi connectivity index (χ1n) is 11.5. The molecule has 0 spiro atoms. The highest BCUT2D eigenvalue weighted by atomic mass is 16.3. The first-order valence-corrected chi connectivity index (χ1v) is 11.5. The van der Waals surface area contributed by atoms with E-state index in [1.165, 1.54) is 4.90 Å². The van der Waals surface area contributed by atoms with Crippen LogP contribution in [0.15, 0.2) is 78.6 Å². The van der Waals surface area contributed by atoms with Crippen LogP contribution in [0.4, 0.5) is 5.69 Å². The molecule has 2 heterocycles. The molecule has 0 aliphatic carbocycles. The van der Waals surface area contributed by atoms with Crippen molar-refractivity contribution in [3.8, 4) is 0 Å². The van der Waals surface area contributed by atoms with Gasteiger partial charge in [-0.15, -0.1) is 0 Å². The van der Waals surface area contributed by atoms with Crippen molar-refractivity contribution < 1.29 is 14.7 Å². The molecule has 1 aliphatic heterocycles. The van der Waals surface area contributed by atoms with Crippen molar-refractivity contribution in [1.82, 2.24) is 4.98 Å². The zero-order valence-electron chi connectivity index (χ0n) is 20.2. The number of nitrogens with zero attached hydrogens (tertiary/aromatic N) is 2. The highest BCUT2D eigenvalue weighted by Crippen LogP contribution is 2.42. The summed E-state index contributed by atoms with van der Waals surface area (Å²) < 4.78 is 0. The van der Waals surface area contributed by atoms with Crippen molar-refractivity contribution in [2.24, 2.45) is 0 Å². The Balaban J connectivity index is 1.90. The molecule has 0 bridgehead atoms. The third kappa shape index (κ3) is 4.26. The standard InChI is InChI=1S/C29H30N2O3/c1-18(2)19-8-12-23(13-9-19)31-25(20-6-10-22(11-7-20)29(3,4)5)24(27(33)28(31)34)26(32)21-14-16-30-17-15-21/h6-18,25,32H,1-5H3/b26-24-. The Morgan fingerprint density at radius 2 is 1.50 bits per heavy atom. The lowest BCUT2D eigenvalue weighted by atomic mass is 9.85. The number of hydrogen-bond acceptors (Lipinski definition) is 4. The minimum absolute atomic E-state index is 0.0376. The summed E-state index contributed by atoms with van der Waals surface area (Å²) in [5.41, 5.74) is 4.14. The predicted octanol–water partition coefficient (Wildman–Crippen LogP) is 6.13. The Hall–Kier alpha value is -3.73. The number of aromatic nitrogens is 1. The van der Waals surface area contributed by atoms with Gasteiger partial charge in [-0.1, -0.05) is 71.0 Å². The monoisotopic (exact) mass is 454 g/mol. The minimum Gasteiger partial charge on any atom is -0.507 e. The van der Waals surface area contributed by atoms with Gasteiger partial charge < -0.3 is 5.11 Å². The second-order valence-electron chi connectivity index (χ2n) is 10.0. The summed E-state index contributed by atoms with van der Waals surface area (Å²) in [5.74, 6) is -1.21. The predicted molar refractivity (Wildman–Crippen MR) is 135 cm³/mol. The molecule has 2 aromatic carbocycles. The minimum atomic E-state index is -0.743. The fourth-order valence-electron chi connectivity index (χ4n) is 4.26. The third-order valence-electron chi connectivity index (χ3n) is 6.33. The zero-order chi connectivity index (χ0) is 24.6. The van der Waals surface area contributed by atoms with Gasteiger partial charge in [-0.3, -0.25) is 19.5 Å². The van der Waals surface area contributed by atoms with Crippen LogP contribution in [-0.2, 0) is 15.0 Å². The number of anilines is 1. The summed E-state index contributed by atoms with van der Waals surface area (Å²) in [6, 6.07) is 18.1. The molecule has 0 saturated carbocycles. The summed E-state index contributed by atoms with van der Waals surface area (Å²) in [5, 5.41) is 11.2. The molecule has 3 aromatic rings. The van der Waals surface area contributed by atoms with Crippen LogP contribution >= 0.6 is 0 Å². The van der Waals surface area contributed by atoms with Crippen LogP contribution in [0.3, 0.4) is 0 Å². The van der Waals surface area contributed by atoms with Crippen molar-refractivity contribution in [1.29, 1.82) is 0 Å². The Bertz CT molecular complexity index is 1240. The van der Waals surface area contributed by atoms with Gasteiger partial charge in [0.05, 0.1) is 11.6 Å². The van der Waals surface area contributed by atoms with Gasteiger partial charge in [0.25, 0.3) is 11.7 Å². The molecule has 5 heteroatoms. The average molecular weight is 455 g/mol. The molecule has 1 fully saturated rings. The molecule has 1 saturated heterocycles. The van der Waals surface area contributed by atoms with E-state index in [1.807, 2.05) is 48.5 Å².